The van der Waals surface area contributed by atoms with Gasteiger partial charge < -0.3 is 19.5 Å². The molecule has 32 heavy (non-hydrogen) atoms. The van der Waals surface area contributed by atoms with Crippen molar-refractivity contribution in [3.05, 3.63) is 40.8 Å². The van der Waals surface area contributed by atoms with Crippen molar-refractivity contribution < 1.29 is 19.0 Å². The van der Waals surface area contributed by atoms with Gasteiger partial charge in [-0.05, 0) is 62.9 Å². The number of benzene rings is 1. The Labute approximate surface area is 194 Å². The summed E-state index contributed by atoms with van der Waals surface area (Å²) in [5, 5.41) is 3.39. The van der Waals surface area contributed by atoms with Crippen molar-refractivity contribution in [3.8, 4) is 11.5 Å². The lowest BCUT2D eigenvalue weighted by Crippen LogP contribution is -2.38. The Morgan fingerprint density at radius 1 is 1.22 bits per heavy atom. The predicted octanol–water partition coefficient (Wildman–Crippen LogP) is 4.18. The van der Waals surface area contributed by atoms with Crippen LogP contribution in [0.15, 0.2) is 24.3 Å². The number of ether oxygens (including phenoxy) is 3. The third-order valence-electron chi connectivity index (χ3n) is 5.11. The number of hydrogen-bond donors (Lipinski definition) is 1. The first-order chi connectivity index (χ1) is 15.4. The fourth-order valence-corrected chi connectivity index (χ4v) is 3.86. The molecule has 0 atom stereocenters. The molecule has 1 fully saturated rings. The van der Waals surface area contributed by atoms with Crippen molar-refractivity contribution in [2.24, 2.45) is 0 Å². The number of nitrogens with zero attached hydrogens (tertiary/aromatic N) is 3. The number of anilines is 1. The van der Waals surface area contributed by atoms with Gasteiger partial charge in [0.2, 0.25) is 5.28 Å². The molecule has 0 bridgehead atoms. The molecule has 3 rings (SSSR count). The van der Waals surface area contributed by atoms with E-state index in [0.717, 1.165) is 44.0 Å². The quantitative estimate of drug-likeness (QED) is 0.438. The number of nitrogens with one attached hydrogen (secondary N) is 1. The molecular formula is C23H31ClN4O4. The Hall–Kier alpha value is -2.58. The van der Waals surface area contributed by atoms with Crippen LogP contribution in [0.5, 0.6) is 11.5 Å². The van der Waals surface area contributed by atoms with Gasteiger partial charge in [0.1, 0.15) is 5.82 Å². The second kappa shape index (κ2) is 11.3. The number of hydrogen-bond acceptors (Lipinski definition) is 8. The third-order valence-corrected chi connectivity index (χ3v) is 5.28. The summed E-state index contributed by atoms with van der Waals surface area (Å²) >= 11 is 5.96. The number of rotatable bonds is 9. The third kappa shape index (κ3) is 6.71. The van der Waals surface area contributed by atoms with Gasteiger partial charge in [0.15, 0.2) is 17.2 Å². The van der Waals surface area contributed by atoms with E-state index in [1.807, 2.05) is 26.8 Å². The van der Waals surface area contributed by atoms with Crippen molar-refractivity contribution in [1.82, 2.24) is 14.9 Å². The number of aromatic nitrogens is 2. The molecule has 1 aliphatic heterocycles. The Morgan fingerprint density at radius 2 is 1.97 bits per heavy atom. The molecule has 0 spiro atoms. The van der Waals surface area contributed by atoms with E-state index in [-0.39, 0.29) is 23.1 Å². The molecule has 0 amide bonds. The maximum absolute atomic E-state index is 11.7. The molecule has 174 valence electrons. The zero-order chi connectivity index (χ0) is 23.1. The molecule has 2 aromatic rings. The van der Waals surface area contributed by atoms with Crippen LogP contribution in [0.4, 0.5) is 5.82 Å². The van der Waals surface area contributed by atoms with Crippen molar-refractivity contribution in [1.29, 1.82) is 0 Å². The first-order valence-corrected chi connectivity index (χ1v) is 11.3. The molecule has 1 aromatic carbocycles. The van der Waals surface area contributed by atoms with Gasteiger partial charge in [-0.2, -0.15) is 0 Å². The molecule has 1 aliphatic rings. The van der Waals surface area contributed by atoms with E-state index in [1.54, 1.807) is 6.07 Å². The lowest BCUT2D eigenvalue weighted by atomic mass is 10.0. The first-order valence-electron chi connectivity index (χ1n) is 10.9. The van der Waals surface area contributed by atoms with Gasteiger partial charge in [-0.1, -0.05) is 6.07 Å². The van der Waals surface area contributed by atoms with E-state index < -0.39 is 5.97 Å². The molecule has 1 N–H and O–H groups in total. The van der Waals surface area contributed by atoms with Crippen LogP contribution < -0.4 is 14.8 Å². The number of likely N-dealkylation sites (tertiary alicyclic amines) is 1. The zero-order valence-electron chi connectivity index (χ0n) is 19.1. The number of carbonyl (C=O) groups is 1. The topological polar surface area (TPSA) is 85.8 Å². The minimum atomic E-state index is -0.539. The molecule has 1 aromatic heterocycles. The minimum absolute atomic E-state index is 0.0165. The molecule has 2 heterocycles. The Bertz CT molecular complexity index is 917. The lowest BCUT2D eigenvalue weighted by Gasteiger charge is -2.32. The van der Waals surface area contributed by atoms with Crippen molar-refractivity contribution in [2.75, 3.05) is 32.1 Å². The summed E-state index contributed by atoms with van der Waals surface area (Å²) in [6.07, 6.45) is 1.99. The maximum atomic E-state index is 11.7. The summed E-state index contributed by atoms with van der Waals surface area (Å²) < 4.78 is 16.4. The van der Waals surface area contributed by atoms with Gasteiger partial charge in [0, 0.05) is 31.7 Å². The summed E-state index contributed by atoms with van der Waals surface area (Å²) in [4.78, 5) is 22.3. The van der Waals surface area contributed by atoms with E-state index in [9.17, 15) is 4.79 Å². The summed E-state index contributed by atoms with van der Waals surface area (Å²) in [6, 6.07) is 7.97. The van der Waals surface area contributed by atoms with Gasteiger partial charge in [-0.15, -0.1) is 0 Å². The molecule has 0 aliphatic carbocycles. The molecule has 0 unspecified atom stereocenters. The standard InChI is InChI=1S/C23H31ClN4O4/c1-5-31-20-12-16(6-7-19(20)32-15(2)3)14-28-10-8-17(9-11-28)25-21-13-18(22(29)30-4)26-23(24)27-21/h6-7,12-13,15,17H,5,8-11,14H2,1-4H3,(H,25,26,27). The second-order valence-electron chi connectivity index (χ2n) is 7.97. The number of methoxy groups -OCH3 is 1. The summed E-state index contributed by atoms with van der Waals surface area (Å²) in [6.45, 7) is 9.31. The smallest absolute Gasteiger partial charge is 0.356 e. The fraction of sp³-hybridized carbons (Fsp3) is 0.522. The minimum Gasteiger partial charge on any atom is -0.490 e. The largest absolute Gasteiger partial charge is 0.490 e. The molecule has 8 nitrogen and oxygen atoms in total. The van der Waals surface area contributed by atoms with Gasteiger partial charge in [-0.25, -0.2) is 14.8 Å². The highest BCUT2D eigenvalue weighted by atomic mass is 35.5. The summed E-state index contributed by atoms with van der Waals surface area (Å²) in [7, 11) is 1.31. The van der Waals surface area contributed by atoms with Crippen molar-refractivity contribution >= 4 is 23.4 Å². The normalized spacial score (nSPS) is 14.9. The van der Waals surface area contributed by atoms with Gasteiger partial charge >= 0.3 is 5.97 Å². The van der Waals surface area contributed by atoms with E-state index in [4.69, 9.17) is 25.8 Å². The molecule has 0 saturated carbocycles. The zero-order valence-corrected chi connectivity index (χ0v) is 19.8. The van der Waals surface area contributed by atoms with Crippen molar-refractivity contribution in [2.45, 2.75) is 52.3 Å². The van der Waals surface area contributed by atoms with Gasteiger partial charge in [0.25, 0.3) is 0 Å². The van der Waals surface area contributed by atoms with E-state index >= 15 is 0 Å². The van der Waals surface area contributed by atoms with Crippen LogP contribution in [-0.2, 0) is 11.3 Å². The lowest BCUT2D eigenvalue weighted by molar-refractivity contribution is 0.0594. The number of piperidine rings is 1. The van der Waals surface area contributed by atoms with Gasteiger partial charge in [0.05, 0.1) is 19.8 Å². The molecule has 0 radical (unpaired) electrons. The van der Waals surface area contributed by atoms with Crippen LogP contribution in [0.3, 0.4) is 0 Å². The Morgan fingerprint density at radius 3 is 2.62 bits per heavy atom. The predicted molar refractivity (Wildman–Crippen MR) is 124 cm³/mol. The second-order valence-corrected chi connectivity index (χ2v) is 8.31. The summed E-state index contributed by atoms with van der Waals surface area (Å²) in [5.41, 5.74) is 1.34. The average Bonchev–Trinajstić information content (AvgIpc) is 2.76. The number of carbonyl (C=O) groups excluding carboxylic acids is 1. The number of esters is 1. The van der Waals surface area contributed by atoms with Crippen LogP contribution in [0.25, 0.3) is 0 Å². The Balaban J connectivity index is 1.57. The first kappa shape index (κ1) is 24.1. The van der Waals surface area contributed by atoms with Crippen LogP contribution in [-0.4, -0.2) is 59.8 Å². The highest BCUT2D eigenvalue weighted by molar-refractivity contribution is 6.28. The maximum Gasteiger partial charge on any atom is 0.356 e. The van der Waals surface area contributed by atoms with E-state index in [2.05, 4.69) is 32.3 Å². The number of halogens is 1. The Kier molecular flexibility index (Phi) is 8.53. The monoisotopic (exact) mass is 462 g/mol. The van der Waals surface area contributed by atoms with Crippen LogP contribution in [0.2, 0.25) is 5.28 Å². The summed E-state index contributed by atoms with van der Waals surface area (Å²) in [5.74, 6) is 1.56. The van der Waals surface area contributed by atoms with Crippen LogP contribution >= 0.6 is 11.6 Å². The SMILES string of the molecule is CCOc1cc(CN2CCC(Nc3cc(C(=O)OC)nc(Cl)n3)CC2)ccc1OC(C)C. The fourth-order valence-electron chi connectivity index (χ4n) is 3.67. The highest BCUT2D eigenvalue weighted by Crippen LogP contribution is 2.30. The van der Waals surface area contributed by atoms with Gasteiger partial charge in [-0.3, -0.25) is 4.90 Å². The van der Waals surface area contributed by atoms with E-state index in [1.165, 1.54) is 12.7 Å². The average molecular weight is 463 g/mol. The molecule has 1 saturated heterocycles. The van der Waals surface area contributed by atoms with Crippen molar-refractivity contribution in [3.63, 3.8) is 0 Å². The molecule has 9 heteroatoms. The highest BCUT2D eigenvalue weighted by Gasteiger charge is 2.21. The van der Waals surface area contributed by atoms with E-state index in [0.29, 0.717) is 12.4 Å². The van der Waals surface area contributed by atoms with Crippen LogP contribution in [0.1, 0.15) is 49.7 Å². The molecular weight excluding hydrogens is 432 g/mol. The van der Waals surface area contributed by atoms with Crippen LogP contribution in [0, 0.1) is 0 Å².